The van der Waals surface area contributed by atoms with E-state index in [1.54, 1.807) is 31.2 Å². The van der Waals surface area contributed by atoms with Crippen molar-refractivity contribution in [2.75, 3.05) is 13.7 Å². The Bertz CT molecular complexity index is 974. The summed E-state index contributed by atoms with van der Waals surface area (Å²) < 4.78 is 37.6. The zero-order valence-electron chi connectivity index (χ0n) is 16.3. The van der Waals surface area contributed by atoms with Crippen molar-refractivity contribution in [2.24, 2.45) is 0 Å². The lowest BCUT2D eigenvalue weighted by molar-refractivity contribution is -0.387. The number of methoxy groups -OCH3 is 1. The van der Waals surface area contributed by atoms with Crippen LogP contribution in [0, 0.1) is 10.1 Å². The molecule has 2 aromatic rings. The molecule has 29 heavy (non-hydrogen) atoms. The van der Waals surface area contributed by atoms with Gasteiger partial charge in [-0.1, -0.05) is 24.3 Å². The normalized spacial score (nSPS) is 12.4. The number of hydrogen-bond acceptors (Lipinski definition) is 7. The fourth-order valence-electron chi connectivity index (χ4n) is 2.67. The van der Waals surface area contributed by atoms with Crippen molar-refractivity contribution in [2.45, 2.75) is 31.3 Å². The minimum absolute atomic E-state index is 0.0745. The van der Waals surface area contributed by atoms with Crippen LogP contribution in [0.5, 0.6) is 5.75 Å². The minimum atomic E-state index is -4.39. The average Bonchev–Trinajstić information content (AvgIpc) is 2.72. The van der Waals surface area contributed by atoms with Crippen molar-refractivity contribution in [1.29, 1.82) is 0 Å². The molecule has 9 nitrogen and oxygen atoms in total. The van der Waals surface area contributed by atoms with Gasteiger partial charge in [0, 0.05) is 12.6 Å². The summed E-state index contributed by atoms with van der Waals surface area (Å²) >= 11 is 0. The van der Waals surface area contributed by atoms with Gasteiger partial charge < -0.3 is 9.47 Å². The van der Waals surface area contributed by atoms with Gasteiger partial charge in [-0.05, 0) is 37.6 Å². The maximum Gasteiger partial charge on any atom is 0.324 e. The number of nitro groups is 1. The Morgan fingerprint density at radius 3 is 2.34 bits per heavy atom. The Morgan fingerprint density at radius 1 is 1.17 bits per heavy atom. The van der Waals surface area contributed by atoms with Crippen LogP contribution in [0.1, 0.15) is 19.4 Å². The van der Waals surface area contributed by atoms with Gasteiger partial charge in [0.2, 0.25) is 0 Å². The molecular weight excluding hydrogens is 400 g/mol. The van der Waals surface area contributed by atoms with Gasteiger partial charge in [-0.3, -0.25) is 14.9 Å². The summed E-state index contributed by atoms with van der Waals surface area (Å²) in [6.07, 6.45) is 0. The molecule has 1 atom stereocenters. The predicted molar refractivity (Wildman–Crippen MR) is 105 cm³/mol. The summed E-state index contributed by atoms with van der Waals surface area (Å²) in [5.74, 6) is -0.163. The van der Waals surface area contributed by atoms with E-state index in [0.29, 0.717) is 11.3 Å². The smallest absolute Gasteiger partial charge is 0.324 e. The molecule has 0 amide bonds. The SMILES string of the molecule is CCOC(=O)[C@@H](C)N(Cc1ccc(OC)cc1)S(=O)(=O)c1ccccc1[N+](=O)[O-]. The molecule has 0 aliphatic rings. The van der Waals surface area contributed by atoms with Crippen LogP contribution in [0.2, 0.25) is 0 Å². The van der Waals surface area contributed by atoms with Gasteiger partial charge in [0.1, 0.15) is 11.8 Å². The fourth-order valence-corrected chi connectivity index (χ4v) is 4.41. The van der Waals surface area contributed by atoms with E-state index in [1.807, 2.05) is 0 Å². The molecule has 0 saturated heterocycles. The van der Waals surface area contributed by atoms with Crippen LogP contribution in [0.4, 0.5) is 5.69 Å². The molecule has 156 valence electrons. The molecule has 0 radical (unpaired) electrons. The Balaban J connectivity index is 2.53. The van der Waals surface area contributed by atoms with E-state index in [-0.39, 0.29) is 13.2 Å². The van der Waals surface area contributed by atoms with Crippen LogP contribution < -0.4 is 4.74 Å². The Kier molecular flexibility index (Phi) is 7.29. The quantitative estimate of drug-likeness (QED) is 0.346. The molecule has 0 N–H and O–H groups in total. The van der Waals surface area contributed by atoms with E-state index in [9.17, 15) is 23.3 Å². The highest BCUT2D eigenvalue weighted by atomic mass is 32.2. The molecule has 2 rings (SSSR count). The summed E-state index contributed by atoms with van der Waals surface area (Å²) in [7, 11) is -2.89. The molecule has 0 heterocycles. The maximum absolute atomic E-state index is 13.3. The standard InChI is InChI=1S/C19H22N2O7S/c1-4-28-19(22)14(2)20(13-15-9-11-16(27-3)12-10-15)29(25,26)18-8-6-5-7-17(18)21(23)24/h5-12,14H,4,13H2,1-3H3/t14-/m1/s1. The minimum Gasteiger partial charge on any atom is -0.497 e. The molecule has 0 aromatic heterocycles. The van der Waals surface area contributed by atoms with Gasteiger partial charge in [0.05, 0.1) is 18.6 Å². The van der Waals surface area contributed by atoms with E-state index < -0.39 is 37.5 Å². The Labute approximate surface area is 169 Å². The number of ether oxygens (including phenoxy) is 2. The number of carbonyl (C=O) groups excluding carboxylic acids is 1. The largest absolute Gasteiger partial charge is 0.497 e. The number of esters is 1. The number of rotatable bonds is 9. The first-order valence-electron chi connectivity index (χ1n) is 8.77. The van der Waals surface area contributed by atoms with E-state index in [2.05, 4.69) is 0 Å². The van der Waals surface area contributed by atoms with Crippen LogP contribution in [-0.2, 0) is 26.1 Å². The number of carbonyl (C=O) groups is 1. The highest BCUT2D eigenvalue weighted by Crippen LogP contribution is 2.29. The van der Waals surface area contributed by atoms with Gasteiger partial charge in [0.15, 0.2) is 4.90 Å². The predicted octanol–water partition coefficient (Wildman–Crippen LogP) is 2.75. The molecule has 0 saturated carbocycles. The van der Waals surface area contributed by atoms with E-state index in [1.165, 1.54) is 26.2 Å². The zero-order valence-corrected chi connectivity index (χ0v) is 17.1. The van der Waals surface area contributed by atoms with Crippen molar-refractivity contribution in [3.63, 3.8) is 0 Å². The highest BCUT2D eigenvalue weighted by molar-refractivity contribution is 7.89. The summed E-state index contributed by atoms with van der Waals surface area (Å²) in [4.78, 5) is 22.4. The van der Waals surface area contributed by atoms with Gasteiger partial charge in [0.25, 0.3) is 15.7 Å². The lowest BCUT2D eigenvalue weighted by Gasteiger charge is -2.27. The Morgan fingerprint density at radius 2 is 1.79 bits per heavy atom. The van der Waals surface area contributed by atoms with Crippen molar-refractivity contribution in [1.82, 2.24) is 4.31 Å². The second kappa shape index (κ2) is 9.48. The third-order valence-electron chi connectivity index (χ3n) is 4.21. The Hall–Kier alpha value is -2.98. The van der Waals surface area contributed by atoms with E-state index >= 15 is 0 Å². The first kappa shape index (κ1) is 22.3. The first-order valence-corrected chi connectivity index (χ1v) is 10.2. The third-order valence-corrected chi connectivity index (χ3v) is 6.17. The van der Waals surface area contributed by atoms with Gasteiger partial charge >= 0.3 is 5.97 Å². The number of nitro benzene ring substituents is 1. The third kappa shape index (κ3) is 5.09. The van der Waals surface area contributed by atoms with Gasteiger partial charge in [-0.2, -0.15) is 4.31 Å². The topological polar surface area (TPSA) is 116 Å². The monoisotopic (exact) mass is 422 g/mol. The van der Waals surface area contributed by atoms with Crippen LogP contribution in [0.3, 0.4) is 0 Å². The molecule has 0 bridgehead atoms. The maximum atomic E-state index is 13.3. The van der Waals surface area contributed by atoms with Crippen molar-refractivity contribution >= 4 is 21.7 Å². The lowest BCUT2D eigenvalue weighted by atomic mass is 10.2. The molecule has 0 unspecified atom stereocenters. The average molecular weight is 422 g/mol. The fraction of sp³-hybridized carbons (Fsp3) is 0.316. The number of nitrogens with zero attached hydrogens (tertiary/aromatic N) is 2. The van der Waals surface area contributed by atoms with Gasteiger partial charge in [-0.15, -0.1) is 0 Å². The van der Waals surface area contributed by atoms with E-state index in [4.69, 9.17) is 9.47 Å². The number of para-hydroxylation sites is 1. The summed E-state index contributed by atoms with van der Waals surface area (Å²) in [6, 6.07) is 10.4. The molecule has 0 aliphatic carbocycles. The van der Waals surface area contributed by atoms with Crippen molar-refractivity contribution in [3.05, 3.63) is 64.2 Å². The summed E-state index contributed by atoms with van der Waals surface area (Å²) in [5.41, 5.74) is 0.00685. The molecule has 0 fully saturated rings. The number of sulfonamides is 1. The number of benzene rings is 2. The summed E-state index contributed by atoms with van der Waals surface area (Å²) in [5, 5.41) is 11.3. The van der Waals surface area contributed by atoms with E-state index in [0.717, 1.165) is 16.4 Å². The van der Waals surface area contributed by atoms with Crippen LogP contribution in [0.25, 0.3) is 0 Å². The zero-order chi connectivity index (χ0) is 21.6. The van der Waals surface area contributed by atoms with Crippen LogP contribution in [-0.4, -0.2) is 43.4 Å². The first-order chi connectivity index (χ1) is 13.7. The molecule has 2 aromatic carbocycles. The summed E-state index contributed by atoms with van der Waals surface area (Å²) in [6.45, 7) is 2.88. The molecular formula is C19H22N2O7S. The second-order valence-corrected chi connectivity index (χ2v) is 7.91. The van der Waals surface area contributed by atoms with Crippen LogP contribution >= 0.6 is 0 Å². The highest BCUT2D eigenvalue weighted by Gasteiger charge is 2.37. The van der Waals surface area contributed by atoms with Gasteiger partial charge in [-0.25, -0.2) is 8.42 Å². The molecule has 10 heteroatoms. The number of hydrogen-bond donors (Lipinski definition) is 0. The lowest BCUT2D eigenvalue weighted by Crippen LogP contribution is -2.43. The van der Waals surface area contributed by atoms with Crippen molar-refractivity contribution < 1.29 is 27.6 Å². The van der Waals surface area contributed by atoms with Crippen LogP contribution in [0.15, 0.2) is 53.4 Å². The van der Waals surface area contributed by atoms with Crippen molar-refractivity contribution in [3.8, 4) is 5.75 Å². The molecule has 0 aliphatic heterocycles. The second-order valence-electron chi connectivity index (χ2n) is 6.05. The molecule has 0 spiro atoms.